The molecule has 27 heavy (non-hydrogen) atoms. The predicted octanol–water partition coefficient (Wildman–Crippen LogP) is 3.03. The number of aliphatic hydroxyl groups excluding tert-OH is 1. The molecule has 2 aromatic rings. The van der Waals surface area contributed by atoms with Gasteiger partial charge in [-0.2, -0.15) is 0 Å². The summed E-state index contributed by atoms with van der Waals surface area (Å²) in [5.41, 5.74) is 4.15. The van der Waals surface area contributed by atoms with Crippen LogP contribution in [0, 0.1) is 0 Å². The molecule has 0 saturated carbocycles. The number of hydrogen-bond acceptors (Lipinski definition) is 5. The molecule has 2 aliphatic heterocycles. The summed E-state index contributed by atoms with van der Waals surface area (Å²) in [6.07, 6.45) is 2.62. The summed E-state index contributed by atoms with van der Waals surface area (Å²) >= 11 is 0. The minimum atomic E-state index is -0.114. The molecule has 0 bridgehead atoms. The van der Waals surface area contributed by atoms with E-state index in [-0.39, 0.29) is 25.2 Å². The largest absolute Gasteiger partial charge is 0.454 e. The lowest BCUT2D eigenvalue weighted by Gasteiger charge is -2.36. The maximum atomic E-state index is 12.7. The summed E-state index contributed by atoms with van der Waals surface area (Å²) in [5, 5.41) is 10.0. The highest BCUT2D eigenvalue weighted by Crippen LogP contribution is 2.45. The zero-order valence-corrected chi connectivity index (χ0v) is 15.6. The second-order valence-electron chi connectivity index (χ2n) is 7.29. The highest BCUT2D eigenvalue weighted by molar-refractivity contribution is 5.80. The number of ether oxygens (including phenoxy) is 2. The monoisotopic (exact) mass is 367 g/mol. The van der Waals surface area contributed by atoms with Gasteiger partial charge in [0.25, 0.3) is 0 Å². The maximum absolute atomic E-state index is 12.7. The number of Topliss-reactive ketones (excluding diaryl/α,β-unsaturated/α-hetero) is 1. The molecule has 4 rings (SSSR count). The Labute approximate surface area is 159 Å². The molecule has 0 radical (unpaired) electrons. The van der Waals surface area contributed by atoms with Crippen LogP contribution in [0.3, 0.4) is 0 Å². The van der Waals surface area contributed by atoms with E-state index in [1.165, 1.54) is 5.56 Å². The second kappa shape index (κ2) is 7.71. The van der Waals surface area contributed by atoms with Crippen LogP contribution < -0.4 is 9.47 Å². The fraction of sp³-hybridized carbons (Fsp3) is 0.409. The molecule has 1 atom stereocenters. The van der Waals surface area contributed by atoms with Crippen molar-refractivity contribution in [3.05, 3.63) is 58.7 Å². The van der Waals surface area contributed by atoms with E-state index < -0.39 is 0 Å². The molecule has 2 heterocycles. The van der Waals surface area contributed by atoms with Crippen LogP contribution in [-0.4, -0.2) is 36.2 Å². The number of nitrogens with zero attached hydrogens (tertiary/aromatic N) is 1. The van der Waals surface area contributed by atoms with Gasteiger partial charge >= 0.3 is 0 Å². The standard InChI is InChI=1S/C22H25NO4/c1-23-10-9-16-11-20-22(27-14-26-20)18(13-24)21(16)19(23)12-17(25)8-7-15-5-3-2-4-6-15/h2-6,11,19,24H,7-10,12-14H2,1H3. The average Bonchev–Trinajstić information content (AvgIpc) is 3.16. The summed E-state index contributed by atoms with van der Waals surface area (Å²) in [6.45, 7) is 0.952. The minimum absolute atomic E-state index is 0.0336. The Morgan fingerprint density at radius 1 is 1.26 bits per heavy atom. The topological polar surface area (TPSA) is 59.0 Å². The first-order valence-electron chi connectivity index (χ1n) is 9.48. The number of carbonyl (C=O) groups is 1. The smallest absolute Gasteiger partial charge is 0.231 e. The third kappa shape index (κ3) is 3.57. The number of benzene rings is 2. The van der Waals surface area contributed by atoms with Gasteiger partial charge in [0.05, 0.1) is 6.61 Å². The van der Waals surface area contributed by atoms with E-state index in [1.807, 2.05) is 31.3 Å². The third-order valence-electron chi connectivity index (χ3n) is 5.61. The number of carbonyl (C=O) groups excluding carboxylic acids is 1. The fourth-order valence-corrected chi connectivity index (χ4v) is 4.14. The van der Waals surface area contributed by atoms with Crippen LogP contribution in [0.5, 0.6) is 11.5 Å². The maximum Gasteiger partial charge on any atom is 0.231 e. The van der Waals surface area contributed by atoms with E-state index in [9.17, 15) is 9.90 Å². The molecule has 0 aromatic heterocycles. The first-order valence-corrected chi connectivity index (χ1v) is 9.48. The third-order valence-corrected chi connectivity index (χ3v) is 5.61. The van der Waals surface area contributed by atoms with Crippen LogP contribution in [-0.2, 0) is 24.2 Å². The van der Waals surface area contributed by atoms with Gasteiger partial charge in [0.15, 0.2) is 11.5 Å². The number of hydrogen-bond donors (Lipinski definition) is 1. The van der Waals surface area contributed by atoms with E-state index in [4.69, 9.17) is 9.47 Å². The lowest BCUT2D eigenvalue weighted by atomic mass is 9.85. The SMILES string of the molecule is CN1CCc2cc3c(c(CO)c2C1CC(=O)CCc1ccccc1)OCO3. The van der Waals surface area contributed by atoms with E-state index in [0.29, 0.717) is 24.3 Å². The van der Waals surface area contributed by atoms with Crippen LogP contribution in [0.4, 0.5) is 0 Å². The average molecular weight is 367 g/mol. The zero-order valence-electron chi connectivity index (χ0n) is 15.6. The van der Waals surface area contributed by atoms with Gasteiger partial charge in [0.2, 0.25) is 6.79 Å². The molecule has 2 aliphatic rings. The van der Waals surface area contributed by atoms with Crippen molar-refractivity contribution >= 4 is 5.78 Å². The van der Waals surface area contributed by atoms with Gasteiger partial charge in [-0.05, 0) is 42.6 Å². The van der Waals surface area contributed by atoms with Crippen molar-refractivity contribution in [2.24, 2.45) is 0 Å². The summed E-state index contributed by atoms with van der Waals surface area (Å²) in [4.78, 5) is 14.9. The fourth-order valence-electron chi connectivity index (χ4n) is 4.14. The lowest BCUT2D eigenvalue weighted by molar-refractivity contribution is -0.120. The first kappa shape index (κ1) is 18.0. The molecule has 0 saturated heterocycles. The van der Waals surface area contributed by atoms with Crippen molar-refractivity contribution in [1.82, 2.24) is 4.90 Å². The number of likely N-dealkylation sites (N-methyl/N-ethyl adjacent to an activating group) is 1. The van der Waals surface area contributed by atoms with E-state index in [0.717, 1.165) is 36.1 Å². The number of aryl methyl sites for hydroxylation is 1. The Balaban J connectivity index is 1.56. The highest BCUT2D eigenvalue weighted by Gasteiger charge is 2.33. The van der Waals surface area contributed by atoms with Gasteiger partial charge in [0.1, 0.15) is 5.78 Å². The summed E-state index contributed by atoms with van der Waals surface area (Å²) < 4.78 is 11.1. The van der Waals surface area contributed by atoms with Gasteiger partial charge in [-0.15, -0.1) is 0 Å². The minimum Gasteiger partial charge on any atom is -0.454 e. The first-order chi connectivity index (χ1) is 13.2. The molecule has 0 amide bonds. The van der Waals surface area contributed by atoms with Crippen molar-refractivity contribution < 1.29 is 19.4 Å². The molecule has 0 fully saturated rings. The van der Waals surface area contributed by atoms with Gasteiger partial charge in [-0.3, -0.25) is 9.69 Å². The molecule has 142 valence electrons. The molecular formula is C22H25NO4. The van der Waals surface area contributed by atoms with Crippen LogP contribution in [0.2, 0.25) is 0 Å². The molecule has 2 aromatic carbocycles. The van der Waals surface area contributed by atoms with Gasteiger partial charge in [-0.1, -0.05) is 30.3 Å². The summed E-state index contributed by atoms with van der Waals surface area (Å²) in [6, 6.07) is 12.1. The van der Waals surface area contributed by atoms with Crippen LogP contribution in [0.1, 0.15) is 41.1 Å². The second-order valence-corrected chi connectivity index (χ2v) is 7.29. The molecule has 1 unspecified atom stereocenters. The van der Waals surface area contributed by atoms with Crippen molar-refractivity contribution in [3.63, 3.8) is 0 Å². The van der Waals surface area contributed by atoms with Crippen LogP contribution in [0.25, 0.3) is 0 Å². The highest BCUT2D eigenvalue weighted by atomic mass is 16.7. The molecule has 5 heteroatoms. The molecule has 5 nitrogen and oxygen atoms in total. The normalized spacial score (nSPS) is 18.4. The Bertz CT molecular complexity index is 834. The quantitative estimate of drug-likeness (QED) is 0.850. The van der Waals surface area contributed by atoms with Crippen molar-refractivity contribution in [3.8, 4) is 11.5 Å². The van der Waals surface area contributed by atoms with E-state index >= 15 is 0 Å². The Morgan fingerprint density at radius 3 is 2.85 bits per heavy atom. The number of aliphatic hydroxyl groups is 1. The molecule has 0 spiro atoms. The Hall–Kier alpha value is -2.37. The number of ketones is 1. The molecular weight excluding hydrogens is 342 g/mol. The number of rotatable bonds is 6. The van der Waals surface area contributed by atoms with Gasteiger partial charge in [-0.25, -0.2) is 0 Å². The van der Waals surface area contributed by atoms with Crippen molar-refractivity contribution in [2.75, 3.05) is 20.4 Å². The summed E-state index contributed by atoms with van der Waals surface area (Å²) in [5.74, 6) is 1.58. The Morgan fingerprint density at radius 2 is 2.07 bits per heavy atom. The number of fused-ring (bicyclic) bond motifs is 2. The zero-order chi connectivity index (χ0) is 18.8. The summed E-state index contributed by atoms with van der Waals surface area (Å²) in [7, 11) is 2.05. The predicted molar refractivity (Wildman–Crippen MR) is 102 cm³/mol. The van der Waals surface area contributed by atoms with Crippen molar-refractivity contribution in [1.29, 1.82) is 0 Å². The lowest BCUT2D eigenvalue weighted by Crippen LogP contribution is -2.34. The van der Waals surface area contributed by atoms with Crippen LogP contribution >= 0.6 is 0 Å². The van der Waals surface area contributed by atoms with Crippen molar-refractivity contribution in [2.45, 2.75) is 38.3 Å². The molecule has 0 aliphatic carbocycles. The van der Waals surface area contributed by atoms with Crippen LogP contribution in [0.15, 0.2) is 36.4 Å². The van der Waals surface area contributed by atoms with E-state index in [1.54, 1.807) is 0 Å². The Kier molecular flexibility index (Phi) is 5.14. The molecule has 1 N–H and O–H groups in total. The van der Waals surface area contributed by atoms with Gasteiger partial charge < -0.3 is 14.6 Å². The van der Waals surface area contributed by atoms with E-state index in [2.05, 4.69) is 17.0 Å². The van der Waals surface area contributed by atoms with Gasteiger partial charge in [0, 0.05) is 31.0 Å².